The van der Waals surface area contributed by atoms with Crippen molar-refractivity contribution >= 4 is 14.8 Å². The first-order valence-electron chi connectivity index (χ1n) is 4.54. The molecule has 84 valence electrons. The van der Waals surface area contributed by atoms with Crippen LogP contribution in [-0.2, 0) is 22.8 Å². The van der Waals surface area contributed by atoms with Crippen molar-refractivity contribution in [3.63, 3.8) is 0 Å². The highest BCUT2D eigenvalue weighted by molar-refractivity contribution is 6.60. The van der Waals surface area contributed by atoms with Gasteiger partial charge in [-0.25, -0.2) is 0 Å². The summed E-state index contributed by atoms with van der Waals surface area (Å²) in [7, 11) is 0.217. The van der Waals surface area contributed by atoms with Crippen LogP contribution in [0.25, 0.3) is 0 Å². The van der Waals surface area contributed by atoms with Gasteiger partial charge in [-0.1, -0.05) is 6.92 Å². The predicted octanol–water partition coefficient (Wildman–Crippen LogP) is 0.747. The van der Waals surface area contributed by atoms with E-state index in [4.69, 9.17) is 18.0 Å². The van der Waals surface area contributed by atoms with Gasteiger partial charge in [0.1, 0.15) is 0 Å². The average molecular weight is 222 g/mol. The Hall–Kier alpha value is -0.433. The van der Waals surface area contributed by atoms with Gasteiger partial charge in [-0.3, -0.25) is 4.79 Å². The molecule has 0 amide bonds. The molecule has 0 aromatic rings. The third kappa shape index (κ3) is 4.19. The van der Waals surface area contributed by atoms with Gasteiger partial charge in [0.05, 0.1) is 0 Å². The zero-order valence-electron chi connectivity index (χ0n) is 9.16. The van der Waals surface area contributed by atoms with Crippen LogP contribution in [0, 0.1) is 0 Å². The predicted molar refractivity (Wildman–Crippen MR) is 52.6 cm³/mol. The molecule has 0 atom stereocenters. The second-order valence-electron chi connectivity index (χ2n) is 2.54. The summed E-state index contributed by atoms with van der Waals surface area (Å²) in [6.45, 7) is 4.03. The van der Waals surface area contributed by atoms with Crippen LogP contribution < -0.4 is 0 Å². The smallest absolute Gasteiger partial charge is 0.461 e. The molecule has 6 heteroatoms. The molecular weight excluding hydrogens is 204 g/mol. The molecule has 0 aliphatic rings. The topological polar surface area (TPSA) is 54.0 Å². The fraction of sp³-hybridized carbons (Fsp3) is 0.875. The van der Waals surface area contributed by atoms with E-state index in [2.05, 4.69) is 0 Å². The van der Waals surface area contributed by atoms with E-state index in [1.807, 2.05) is 6.92 Å². The lowest BCUT2D eigenvalue weighted by molar-refractivity contribution is -0.143. The monoisotopic (exact) mass is 222 g/mol. The lowest BCUT2D eigenvalue weighted by Gasteiger charge is -2.24. The number of rotatable bonds is 7. The van der Waals surface area contributed by atoms with Crippen LogP contribution >= 0.6 is 0 Å². The Morgan fingerprint density at radius 3 is 2.14 bits per heavy atom. The maximum Gasteiger partial charge on any atom is 0.540 e. The van der Waals surface area contributed by atoms with E-state index in [9.17, 15) is 4.79 Å². The maximum atomic E-state index is 10.9. The van der Waals surface area contributed by atoms with E-state index in [-0.39, 0.29) is 12.2 Å². The van der Waals surface area contributed by atoms with Gasteiger partial charge in [-0.05, 0) is 6.92 Å². The van der Waals surface area contributed by atoms with Gasteiger partial charge >= 0.3 is 14.8 Å². The fourth-order valence-electron chi connectivity index (χ4n) is 0.852. The van der Waals surface area contributed by atoms with Crippen molar-refractivity contribution in [2.75, 3.05) is 27.1 Å². The Morgan fingerprint density at radius 2 is 1.79 bits per heavy atom. The van der Waals surface area contributed by atoms with Crippen molar-refractivity contribution in [1.82, 2.24) is 0 Å². The molecule has 0 saturated carbocycles. The second-order valence-corrected chi connectivity index (χ2v) is 5.30. The van der Waals surface area contributed by atoms with Crippen LogP contribution in [0.2, 0.25) is 0 Å². The van der Waals surface area contributed by atoms with Crippen molar-refractivity contribution in [1.29, 1.82) is 0 Å². The van der Waals surface area contributed by atoms with E-state index < -0.39 is 8.80 Å². The Kier molecular flexibility index (Phi) is 6.72. The fourth-order valence-corrected chi connectivity index (χ4v) is 2.35. The van der Waals surface area contributed by atoms with Gasteiger partial charge in [0.2, 0.25) is 0 Å². The summed E-state index contributed by atoms with van der Waals surface area (Å²) in [5, 5.41) is 0. The van der Waals surface area contributed by atoms with Crippen molar-refractivity contribution in [3.8, 4) is 0 Å². The SMILES string of the molecule is CCO[Si](COC(=O)CC)(OC)OC. The highest BCUT2D eigenvalue weighted by atomic mass is 28.4. The number of hydrogen-bond acceptors (Lipinski definition) is 5. The summed E-state index contributed by atoms with van der Waals surface area (Å²) in [6, 6.07) is 0. The molecule has 0 spiro atoms. The molecule has 0 aromatic carbocycles. The highest BCUT2D eigenvalue weighted by Gasteiger charge is 2.40. The molecule has 5 nitrogen and oxygen atoms in total. The van der Waals surface area contributed by atoms with Crippen LogP contribution in [0.3, 0.4) is 0 Å². The molecule has 0 N–H and O–H groups in total. The minimum absolute atomic E-state index is 0.0700. The zero-order chi connectivity index (χ0) is 11.0. The third-order valence-electron chi connectivity index (χ3n) is 1.68. The van der Waals surface area contributed by atoms with E-state index in [1.54, 1.807) is 6.92 Å². The van der Waals surface area contributed by atoms with Crippen molar-refractivity contribution < 1.29 is 22.8 Å². The molecule has 0 bridgehead atoms. The van der Waals surface area contributed by atoms with Crippen LogP contribution in [0.5, 0.6) is 0 Å². The summed E-state index contributed by atoms with van der Waals surface area (Å²) in [6.07, 6.45) is 0.407. The van der Waals surface area contributed by atoms with Crippen LogP contribution in [0.4, 0.5) is 0 Å². The van der Waals surface area contributed by atoms with Gasteiger partial charge in [0.25, 0.3) is 0 Å². The van der Waals surface area contributed by atoms with Gasteiger partial charge in [0, 0.05) is 27.2 Å². The zero-order valence-corrected chi connectivity index (χ0v) is 10.2. The molecule has 0 heterocycles. The maximum absolute atomic E-state index is 10.9. The number of hydrogen-bond donors (Lipinski definition) is 0. The first-order valence-corrected chi connectivity index (χ1v) is 6.47. The number of carbonyl (C=O) groups is 1. The Balaban J connectivity index is 4.13. The standard InChI is InChI=1S/C8H18O5Si/c1-5-8(9)12-7-14(10-3,11-4)13-6-2/h5-7H2,1-4H3. The molecule has 14 heavy (non-hydrogen) atoms. The molecule has 0 aliphatic carbocycles. The largest absolute Gasteiger partial charge is 0.540 e. The van der Waals surface area contributed by atoms with Crippen LogP contribution in [-0.4, -0.2) is 41.8 Å². The second kappa shape index (κ2) is 6.94. The van der Waals surface area contributed by atoms with E-state index >= 15 is 0 Å². The Bertz CT molecular complexity index is 169. The van der Waals surface area contributed by atoms with Crippen LogP contribution in [0.15, 0.2) is 0 Å². The Morgan fingerprint density at radius 1 is 1.21 bits per heavy atom. The molecule has 0 aliphatic heterocycles. The van der Waals surface area contributed by atoms with Gasteiger partial charge in [-0.2, -0.15) is 0 Å². The quantitative estimate of drug-likeness (QED) is 0.470. The van der Waals surface area contributed by atoms with Crippen LogP contribution in [0.1, 0.15) is 20.3 Å². The van der Waals surface area contributed by atoms with Crippen molar-refractivity contribution in [3.05, 3.63) is 0 Å². The minimum atomic E-state index is -2.77. The number of carbonyl (C=O) groups excluding carboxylic acids is 1. The van der Waals surface area contributed by atoms with E-state index in [0.717, 1.165) is 0 Å². The lowest BCUT2D eigenvalue weighted by Crippen LogP contribution is -2.49. The summed E-state index contributed by atoms with van der Waals surface area (Å²) >= 11 is 0. The molecule has 0 aromatic heterocycles. The average Bonchev–Trinajstić information content (AvgIpc) is 2.24. The number of ether oxygens (including phenoxy) is 1. The Labute approximate surface area is 85.7 Å². The molecule has 0 rings (SSSR count). The first kappa shape index (κ1) is 13.6. The van der Waals surface area contributed by atoms with Crippen molar-refractivity contribution in [2.24, 2.45) is 0 Å². The van der Waals surface area contributed by atoms with E-state index in [0.29, 0.717) is 13.0 Å². The van der Waals surface area contributed by atoms with E-state index in [1.165, 1.54) is 14.2 Å². The van der Waals surface area contributed by atoms with Gasteiger partial charge in [0.15, 0.2) is 6.23 Å². The summed E-state index contributed by atoms with van der Waals surface area (Å²) in [4.78, 5) is 10.9. The minimum Gasteiger partial charge on any atom is -0.461 e. The molecule has 0 saturated heterocycles. The molecule has 0 radical (unpaired) electrons. The normalized spacial score (nSPS) is 11.4. The van der Waals surface area contributed by atoms with Gasteiger partial charge in [-0.15, -0.1) is 0 Å². The molecule has 0 unspecified atom stereocenters. The molecular formula is C8H18O5Si. The first-order chi connectivity index (χ1) is 6.64. The third-order valence-corrected chi connectivity index (χ3v) is 4.16. The number of esters is 1. The summed E-state index contributed by atoms with van der Waals surface area (Å²) in [5.41, 5.74) is 0. The summed E-state index contributed by atoms with van der Waals surface area (Å²) in [5.74, 6) is -0.282. The van der Waals surface area contributed by atoms with Crippen molar-refractivity contribution in [2.45, 2.75) is 20.3 Å². The molecule has 0 fully saturated rings. The highest BCUT2D eigenvalue weighted by Crippen LogP contribution is 2.08. The summed E-state index contributed by atoms with van der Waals surface area (Å²) < 4.78 is 20.6. The lowest BCUT2D eigenvalue weighted by atomic mass is 10.5. The van der Waals surface area contributed by atoms with Gasteiger partial charge < -0.3 is 18.0 Å².